The van der Waals surface area contributed by atoms with Crippen LogP contribution >= 0.6 is 88.2 Å². The number of ether oxygens (including phenoxy) is 7. The number of aromatic amines is 4. The van der Waals surface area contributed by atoms with Crippen molar-refractivity contribution in [2.45, 2.75) is 192 Å². The van der Waals surface area contributed by atoms with Gasteiger partial charge in [-0.3, -0.25) is 61.9 Å². The third kappa shape index (κ3) is 29.8. The predicted molar refractivity (Wildman–Crippen MR) is 395 cm³/mol. The minimum Gasteiger partial charge on any atom is -0.394 e. The fourth-order valence-electron chi connectivity index (χ4n) is 10.1. The molecule has 0 radical (unpaired) electrons. The Hall–Kier alpha value is -4.45. The van der Waals surface area contributed by atoms with E-state index in [1.807, 2.05) is 13.8 Å². The minimum atomic E-state index is -5.69. The van der Waals surface area contributed by atoms with Crippen LogP contribution in [0.15, 0.2) is 63.1 Å². The summed E-state index contributed by atoms with van der Waals surface area (Å²) >= 11 is 0. The molecule has 4 fully saturated rings. The summed E-state index contributed by atoms with van der Waals surface area (Å²) < 4.78 is 92.1. The van der Waals surface area contributed by atoms with Gasteiger partial charge in [-0.2, -0.15) is 8.62 Å². The van der Waals surface area contributed by atoms with E-state index in [2.05, 4.69) is 50.8 Å². The maximum atomic E-state index is 12.3. The number of hydrogen-bond acceptors (Lipinski definition) is 29. The lowest BCUT2D eigenvalue weighted by Crippen LogP contribution is -2.33. The summed E-state index contributed by atoms with van der Waals surface area (Å²) in [6.45, 7) is 9.37. The number of nitrogens with one attached hydrogen (secondary N) is 4. The second kappa shape index (κ2) is 44.9. The zero-order valence-corrected chi connectivity index (χ0v) is 65.0. The lowest BCUT2D eigenvalue weighted by Gasteiger charge is -2.21. The van der Waals surface area contributed by atoms with Gasteiger partial charge in [0.2, 0.25) is 0 Å². The summed E-state index contributed by atoms with van der Waals surface area (Å²) in [5, 5.41) is 19.2. The smallest absolute Gasteiger partial charge is 0.394 e. The van der Waals surface area contributed by atoms with Crippen molar-refractivity contribution in [1.82, 2.24) is 38.2 Å². The average Bonchev–Trinajstić information content (AvgIpc) is 1.65. The topological polar surface area (TPSA) is 484 Å². The van der Waals surface area contributed by atoms with E-state index in [1.54, 1.807) is 70.1 Å². The maximum Gasteiger partial charge on any atom is 0.490 e. The SMILES string of the molecule is C#CCCCSSCO[C@@H]1C[C@H](n2cc(C)c(=O)[nH]c2=O)O[C@@H]1CC.C#CCCCSSCO[C@@H]1C[C@H](n2cc(C)c(=O)[nH]c2=O)O[C@@H]1CO.C#CCCCSSCO[C@@H]1C[C@H](n2cc(C)c(=O)[nH]c2=O)O[C@@H]1COP(=O)(O)OP(=O)(O)OP(=O)(O)O.CC[C@H]1O[C@@H](n2cc(C)c(=O)[nH]c2=O)C[C@H]1O. The van der Waals surface area contributed by atoms with E-state index < -0.39 is 119 Å². The van der Waals surface area contributed by atoms with Crippen LogP contribution in [0.3, 0.4) is 0 Å². The molecule has 35 nitrogen and oxygen atoms in total. The molecule has 14 atom stereocenters. The third-order valence-corrected chi connectivity index (χ3v) is 25.5. The molecule has 8 rings (SSSR count). The Balaban J connectivity index is 0.000000258. The Morgan fingerprint density at radius 3 is 1.12 bits per heavy atom. The Labute approximate surface area is 620 Å². The lowest BCUT2D eigenvalue weighted by atomic mass is 10.1. The van der Waals surface area contributed by atoms with E-state index >= 15 is 0 Å². The molecule has 0 aromatic carbocycles. The highest BCUT2D eigenvalue weighted by Crippen LogP contribution is 2.66. The van der Waals surface area contributed by atoms with Crippen molar-refractivity contribution in [2.24, 2.45) is 0 Å². The van der Waals surface area contributed by atoms with Gasteiger partial charge in [0.15, 0.2) is 0 Å². The lowest BCUT2D eigenvalue weighted by molar-refractivity contribution is -0.0554. The number of hydrogen-bond donors (Lipinski definition) is 10. The molecule has 4 aromatic heterocycles. The number of phosphoric acid groups is 3. The highest BCUT2D eigenvalue weighted by molar-refractivity contribution is 8.77. The van der Waals surface area contributed by atoms with Gasteiger partial charge in [0, 0.05) is 109 Å². The number of aliphatic hydroxyl groups excluding tert-OH is 2. The number of aliphatic hydroxyl groups is 2. The summed E-state index contributed by atoms with van der Waals surface area (Å²) in [5.41, 5.74) is -2.44. The quantitative estimate of drug-likeness (QED) is 0.00898. The van der Waals surface area contributed by atoms with Gasteiger partial charge in [0.05, 0.1) is 49.8 Å². The molecule has 580 valence electrons. The molecule has 0 bridgehead atoms. The second-order valence-corrected chi connectivity index (χ2v) is 35.0. The molecule has 104 heavy (non-hydrogen) atoms. The zero-order valence-electron chi connectivity index (χ0n) is 57.4. The van der Waals surface area contributed by atoms with Gasteiger partial charge in [-0.15, -0.1) is 37.0 Å². The fourth-order valence-corrected chi connectivity index (χ4v) is 18.4. The van der Waals surface area contributed by atoms with Gasteiger partial charge in [-0.05, 0) is 59.8 Å². The van der Waals surface area contributed by atoms with Crippen molar-refractivity contribution in [1.29, 1.82) is 0 Å². The van der Waals surface area contributed by atoms with Crippen molar-refractivity contribution in [3.8, 4) is 37.0 Å². The highest BCUT2D eigenvalue weighted by atomic mass is 33.1. The summed E-state index contributed by atoms with van der Waals surface area (Å²) in [6, 6.07) is 0. The molecular formula is C60H87N8O27P3S6. The molecule has 0 saturated carbocycles. The normalized spacial score (nSPS) is 23.9. The monoisotopic (exact) mass is 1640 g/mol. The number of aromatic nitrogens is 8. The van der Waals surface area contributed by atoms with E-state index in [9.17, 15) is 72.1 Å². The highest BCUT2D eigenvalue weighted by Gasteiger charge is 2.45. The number of rotatable bonds is 35. The van der Waals surface area contributed by atoms with Crippen LogP contribution in [0.1, 0.15) is 138 Å². The van der Waals surface area contributed by atoms with Crippen molar-refractivity contribution in [3.05, 3.63) is 130 Å². The van der Waals surface area contributed by atoms with Crippen molar-refractivity contribution < 1.29 is 89.8 Å². The molecule has 4 aromatic rings. The first kappa shape index (κ1) is 90.2. The molecule has 4 saturated heterocycles. The molecule has 0 amide bonds. The molecule has 4 aliphatic rings. The Morgan fingerprint density at radius 2 is 0.798 bits per heavy atom. The molecule has 0 spiro atoms. The van der Waals surface area contributed by atoms with Crippen LogP contribution in [0.4, 0.5) is 0 Å². The first-order valence-electron chi connectivity index (χ1n) is 32.1. The average molecular weight is 1640 g/mol. The van der Waals surface area contributed by atoms with Crippen LogP contribution in [0, 0.1) is 64.7 Å². The van der Waals surface area contributed by atoms with Crippen LogP contribution in [0.25, 0.3) is 0 Å². The first-order chi connectivity index (χ1) is 49.3. The van der Waals surface area contributed by atoms with Gasteiger partial charge in [0.1, 0.15) is 54.9 Å². The number of nitrogens with zero attached hydrogens (tertiary/aromatic N) is 4. The van der Waals surface area contributed by atoms with Crippen molar-refractivity contribution in [3.63, 3.8) is 0 Å². The van der Waals surface area contributed by atoms with Gasteiger partial charge in [-0.25, -0.2) is 32.9 Å². The zero-order chi connectivity index (χ0) is 76.9. The van der Waals surface area contributed by atoms with Gasteiger partial charge < -0.3 is 62.9 Å². The second-order valence-electron chi connectivity index (χ2n) is 23.0. The van der Waals surface area contributed by atoms with E-state index in [0.29, 0.717) is 60.7 Å². The Kier molecular flexibility index (Phi) is 38.9. The van der Waals surface area contributed by atoms with Crippen LogP contribution in [0.2, 0.25) is 0 Å². The fraction of sp³-hybridized carbons (Fsp3) is 0.633. The van der Waals surface area contributed by atoms with Gasteiger partial charge >= 0.3 is 46.2 Å². The van der Waals surface area contributed by atoms with E-state index in [0.717, 1.165) is 60.4 Å². The van der Waals surface area contributed by atoms with Crippen LogP contribution < -0.4 is 45.0 Å². The molecular weight excluding hydrogens is 1550 g/mol. The van der Waals surface area contributed by atoms with Crippen LogP contribution in [0.5, 0.6) is 0 Å². The Bertz CT molecular complexity index is 4080. The Morgan fingerprint density at radius 1 is 0.481 bits per heavy atom. The minimum absolute atomic E-state index is 0.0537. The van der Waals surface area contributed by atoms with Crippen LogP contribution in [-0.4, -0.2) is 165 Å². The molecule has 8 heterocycles. The molecule has 2 unspecified atom stereocenters. The summed E-state index contributed by atoms with van der Waals surface area (Å²) in [5.74, 6) is 11.7. The number of H-pyrrole nitrogens is 4. The summed E-state index contributed by atoms with van der Waals surface area (Å²) in [6.07, 6.45) is 23.2. The molecule has 0 aliphatic carbocycles. The summed E-state index contributed by atoms with van der Waals surface area (Å²) in [7, 11) is -7.11. The molecule has 44 heteroatoms. The van der Waals surface area contributed by atoms with Gasteiger partial charge in [-0.1, -0.05) is 78.6 Å². The van der Waals surface area contributed by atoms with Crippen molar-refractivity contribution in [2.75, 3.05) is 48.3 Å². The van der Waals surface area contributed by atoms with E-state index in [1.165, 1.54) is 60.8 Å². The van der Waals surface area contributed by atoms with Crippen LogP contribution in [-0.2, 0) is 60.0 Å². The standard InChI is InChI=1S/C17H24N2O4S2.C16H25N2O14P3S2.C16H22N2O5S2.C11H16N2O4/c1-4-6-7-8-24-25-11-22-14-9-15(23-13(14)5-2)19-10-12(3)16(20)18-17(19)21;1-3-4-5-6-36-37-10-28-12-7-14(18-8-11(2)15(19)17-16(18)20)30-13(12)9-29-34(24,25)32-35(26,27)31-33(21,22)23;1-3-4-5-6-24-25-10-22-12-7-14(23-13(12)9-19)18-8-11(2)15(20)17-16(18)21;1-3-8-7(14)4-9(17-8)13-5-6(2)10(15)12-11(13)16/h1,10,13-15H,5-9,11H2,2-3H3,(H,18,20,21);1,8,12-14H,4-7,9-10H2,2H3,(H,24,25)(H,26,27)(H,17,19,20)(H2,21,22,23);1,8,12-14,19H,4-7,9-10H2,2H3,(H,17,20,21);5,7-9,14H,3-4H2,1-2H3,(H,12,15,16)/t13-,14-,15-;2*12-,13-,14-;7-,8-,9-/m1111/s1. The number of aryl methyl sites for hydroxylation is 4. The first-order valence-corrected chi connectivity index (χ1v) is 44.1. The van der Waals surface area contributed by atoms with E-state index in [4.69, 9.17) is 62.2 Å². The van der Waals surface area contributed by atoms with Crippen molar-refractivity contribution >= 4 is 88.2 Å². The maximum absolute atomic E-state index is 12.3. The van der Waals surface area contributed by atoms with E-state index in [-0.39, 0.29) is 54.5 Å². The molecule has 10 N–H and O–H groups in total. The largest absolute Gasteiger partial charge is 0.490 e. The predicted octanol–water partition coefficient (Wildman–Crippen LogP) is 5.46. The number of phosphoric ester groups is 1. The third-order valence-electron chi connectivity index (χ3n) is 15.3. The number of unbranched alkanes of at least 4 members (excludes halogenated alkanes) is 3. The molecule has 4 aliphatic heterocycles. The number of terminal acetylenes is 3. The summed E-state index contributed by atoms with van der Waals surface area (Å²) in [4.78, 5) is 139. The van der Waals surface area contributed by atoms with Gasteiger partial charge in [0.25, 0.3) is 22.2 Å².